The van der Waals surface area contributed by atoms with E-state index in [1.165, 1.54) is 0 Å². The SMILES string of the molecule is CC(c1nc2cc(Cl)ccc2c(=O)n1C)N1CCN(C(=O)c2ccccc2)CC1. The molecule has 3 aromatic rings. The summed E-state index contributed by atoms with van der Waals surface area (Å²) in [4.78, 5) is 34.3. The van der Waals surface area contributed by atoms with Crippen LogP contribution in [0.3, 0.4) is 0 Å². The molecule has 150 valence electrons. The highest BCUT2D eigenvalue weighted by atomic mass is 35.5. The largest absolute Gasteiger partial charge is 0.336 e. The molecule has 4 rings (SSSR count). The van der Waals surface area contributed by atoms with E-state index in [9.17, 15) is 9.59 Å². The van der Waals surface area contributed by atoms with Gasteiger partial charge in [-0.15, -0.1) is 0 Å². The third-order valence-electron chi connectivity index (χ3n) is 5.62. The van der Waals surface area contributed by atoms with Crippen molar-refractivity contribution in [3.63, 3.8) is 0 Å². The highest BCUT2D eigenvalue weighted by molar-refractivity contribution is 6.31. The van der Waals surface area contributed by atoms with Gasteiger partial charge in [-0.05, 0) is 37.3 Å². The highest BCUT2D eigenvalue weighted by Crippen LogP contribution is 2.22. The number of hydrogen-bond donors (Lipinski definition) is 0. The van der Waals surface area contributed by atoms with E-state index in [-0.39, 0.29) is 17.5 Å². The lowest BCUT2D eigenvalue weighted by Crippen LogP contribution is -2.49. The number of carbonyl (C=O) groups excluding carboxylic acids is 1. The van der Waals surface area contributed by atoms with Gasteiger partial charge < -0.3 is 4.90 Å². The zero-order valence-corrected chi connectivity index (χ0v) is 17.3. The first kappa shape index (κ1) is 19.6. The van der Waals surface area contributed by atoms with Gasteiger partial charge in [-0.25, -0.2) is 4.98 Å². The molecule has 0 saturated carbocycles. The van der Waals surface area contributed by atoms with Crippen molar-refractivity contribution in [2.45, 2.75) is 13.0 Å². The quantitative estimate of drug-likeness (QED) is 0.665. The summed E-state index contributed by atoms with van der Waals surface area (Å²) in [6, 6.07) is 14.5. The maximum Gasteiger partial charge on any atom is 0.261 e. The predicted octanol–water partition coefficient (Wildman–Crippen LogP) is 3.11. The Morgan fingerprint density at radius 3 is 2.45 bits per heavy atom. The molecule has 7 heteroatoms. The molecule has 1 saturated heterocycles. The van der Waals surface area contributed by atoms with Gasteiger partial charge in [0.05, 0.1) is 16.9 Å². The molecule has 1 unspecified atom stereocenters. The molecule has 0 aliphatic carbocycles. The van der Waals surface area contributed by atoms with Crippen molar-refractivity contribution in [1.29, 1.82) is 0 Å². The summed E-state index contributed by atoms with van der Waals surface area (Å²) in [6.07, 6.45) is 0. The number of aromatic nitrogens is 2. The molecule has 1 aliphatic rings. The molecule has 2 aromatic carbocycles. The molecule has 1 fully saturated rings. The molecule has 0 radical (unpaired) electrons. The first-order valence-electron chi connectivity index (χ1n) is 9.70. The topological polar surface area (TPSA) is 58.4 Å². The van der Waals surface area contributed by atoms with Crippen molar-refractivity contribution in [1.82, 2.24) is 19.4 Å². The van der Waals surface area contributed by atoms with E-state index in [4.69, 9.17) is 16.6 Å². The number of fused-ring (bicyclic) bond motifs is 1. The second-order valence-electron chi connectivity index (χ2n) is 7.37. The summed E-state index contributed by atoms with van der Waals surface area (Å²) < 4.78 is 1.61. The summed E-state index contributed by atoms with van der Waals surface area (Å²) in [5.74, 6) is 0.761. The van der Waals surface area contributed by atoms with E-state index in [0.717, 1.165) is 13.1 Å². The molecule has 6 nitrogen and oxygen atoms in total. The molecule has 1 aliphatic heterocycles. The van der Waals surface area contributed by atoms with Crippen LogP contribution in [0, 0.1) is 0 Å². The van der Waals surface area contributed by atoms with E-state index in [1.807, 2.05) is 42.2 Å². The molecule has 1 amide bonds. The van der Waals surface area contributed by atoms with Crippen molar-refractivity contribution < 1.29 is 4.79 Å². The number of amides is 1. The first-order valence-corrected chi connectivity index (χ1v) is 10.1. The Morgan fingerprint density at radius 2 is 1.76 bits per heavy atom. The first-order chi connectivity index (χ1) is 14.0. The Labute approximate surface area is 174 Å². The summed E-state index contributed by atoms with van der Waals surface area (Å²) in [5, 5.41) is 1.12. The van der Waals surface area contributed by atoms with E-state index in [1.54, 1.807) is 29.8 Å². The summed E-state index contributed by atoms with van der Waals surface area (Å²) in [6.45, 7) is 4.79. The van der Waals surface area contributed by atoms with Crippen LogP contribution in [0.1, 0.15) is 29.1 Å². The Bertz CT molecular complexity index is 1100. The Kier molecular flexibility index (Phi) is 5.39. The lowest BCUT2D eigenvalue weighted by atomic mass is 10.1. The molecular formula is C22H23ClN4O2. The average Bonchev–Trinajstić information content (AvgIpc) is 2.76. The predicted molar refractivity (Wildman–Crippen MR) is 114 cm³/mol. The lowest BCUT2D eigenvalue weighted by molar-refractivity contribution is 0.0572. The van der Waals surface area contributed by atoms with Crippen LogP contribution < -0.4 is 5.56 Å². The molecule has 1 atom stereocenters. The van der Waals surface area contributed by atoms with Gasteiger partial charge in [-0.1, -0.05) is 29.8 Å². The van der Waals surface area contributed by atoms with Crippen LogP contribution in [0.2, 0.25) is 5.02 Å². The maximum absolute atomic E-state index is 12.8. The van der Waals surface area contributed by atoms with Crippen LogP contribution in [0.15, 0.2) is 53.3 Å². The van der Waals surface area contributed by atoms with Crippen LogP contribution in [-0.4, -0.2) is 51.4 Å². The third kappa shape index (κ3) is 3.78. The number of benzene rings is 2. The van der Waals surface area contributed by atoms with Crippen molar-refractivity contribution in [2.75, 3.05) is 26.2 Å². The lowest BCUT2D eigenvalue weighted by Gasteiger charge is -2.38. The summed E-state index contributed by atoms with van der Waals surface area (Å²) in [7, 11) is 1.75. The molecule has 2 heterocycles. The monoisotopic (exact) mass is 410 g/mol. The van der Waals surface area contributed by atoms with Crippen LogP contribution in [0.25, 0.3) is 10.9 Å². The Morgan fingerprint density at radius 1 is 1.07 bits per heavy atom. The van der Waals surface area contributed by atoms with Crippen LogP contribution >= 0.6 is 11.6 Å². The van der Waals surface area contributed by atoms with Crippen molar-refractivity contribution >= 4 is 28.4 Å². The number of hydrogen-bond acceptors (Lipinski definition) is 4. The number of rotatable bonds is 3. The fourth-order valence-corrected chi connectivity index (χ4v) is 4.04. The van der Waals surface area contributed by atoms with Crippen molar-refractivity contribution in [3.8, 4) is 0 Å². The van der Waals surface area contributed by atoms with Gasteiger partial charge in [0.1, 0.15) is 5.82 Å². The van der Waals surface area contributed by atoms with E-state index < -0.39 is 0 Å². The van der Waals surface area contributed by atoms with Gasteiger partial charge in [-0.3, -0.25) is 19.1 Å². The highest BCUT2D eigenvalue weighted by Gasteiger charge is 2.27. The maximum atomic E-state index is 12.8. The zero-order valence-electron chi connectivity index (χ0n) is 16.5. The summed E-state index contributed by atoms with van der Waals surface area (Å²) >= 11 is 6.09. The Hall–Kier alpha value is -2.70. The van der Waals surface area contributed by atoms with Crippen LogP contribution in [-0.2, 0) is 7.05 Å². The van der Waals surface area contributed by atoms with Gasteiger partial charge >= 0.3 is 0 Å². The minimum Gasteiger partial charge on any atom is -0.336 e. The standard InChI is InChI=1S/C22H23ClN4O2/c1-15(20-24-19-14-17(23)8-9-18(19)22(29)25(20)2)26-10-12-27(13-11-26)21(28)16-6-4-3-5-7-16/h3-9,14-15H,10-13H2,1-2H3. The van der Waals surface area contributed by atoms with Crippen molar-refractivity contribution in [3.05, 3.63) is 75.3 Å². The normalized spacial score (nSPS) is 16.2. The minimum atomic E-state index is -0.0774. The second kappa shape index (κ2) is 7.97. The molecular weight excluding hydrogens is 388 g/mol. The fraction of sp³-hybridized carbons (Fsp3) is 0.318. The van der Waals surface area contributed by atoms with Crippen LogP contribution in [0.5, 0.6) is 0 Å². The van der Waals surface area contributed by atoms with Gasteiger partial charge in [0.15, 0.2) is 0 Å². The smallest absolute Gasteiger partial charge is 0.261 e. The van der Waals surface area contributed by atoms with E-state index in [0.29, 0.717) is 40.4 Å². The number of piperazine rings is 1. The summed E-state index contributed by atoms with van der Waals surface area (Å²) in [5.41, 5.74) is 1.25. The molecule has 0 spiro atoms. The number of halogens is 1. The average molecular weight is 411 g/mol. The van der Waals surface area contributed by atoms with E-state index >= 15 is 0 Å². The number of carbonyl (C=O) groups is 1. The van der Waals surface area contributed by atoms with Crippen LogP contribution in [0.4, 0.5) is 0 Å². The third-order valence-corrected chi connectivity index (χ3v) is 5.85. The van der Waals surface area contributed by atoms with E-state index in [2.05, 4.69) is 4.90 Å². The Balaban J connectivity index is 1.53. The second-order valence-corrected chi connectivity index (χ2v) is 7.80. The van der Waals surface area contributed by atoms with Gasteiger partial charge in [0.25, 0.3) is 11.5 Å². The zero-order chi connectivity index (χ0) is 20.5. The van der Waals surface area contributed by atoms with Gasteiger partial charge in [0, 0.05) is 43.8 Å². The number of nitrogens with zero attached hydrogens (tertiary/aromatic N) is 4. The fourth-order valence-electron chi connectivity index (χ4n) is 3.87. The van der Waals surface area contributed by atoms with Gasteiger partial charge in [0.2, 0.25) is 0 Å². The molecule has 1 aromatic heterocycles. The molecule has 29 heavy (non-hydrogen) atoms. The van der Waals surface area contributed by atoms with Crippen molar-refractivity contribution in [2.24, 2.45) is 7.05 Å². The minimum absolute atomic E-state index is 0.0509. The molecule has 0 N–H and O–H groups in total. The van der Waals surface area contributed by atoms with Gasteiger partial charge in [-0.2, -0.15) is 0 Å². The molecule has 0 bridgehead atoms.